The quantitative estimate of drug-likeness (QED) is 0.641. The molecule has 0 saturated heterocycles. The van der Waals surface area contributed by atoms with E-state index in [1.807, 2.05) is 0 Å². The number of hydrogen-bond acceptors (Lipinski definition) is 5. The highest BCUT2D eigenvalue weighted by Crippen LogP contribution is 2.34. The Bertz CT molecular complexity index is 515. The molecule has 1 aliphatic carbocycles. The summed E-state index contributed by atoms with van der Waals surface area (Å²) < 4.78 is 18.7. The lowest BCUT2D eigenvalue weighted by molar-refractivity contribution is -0.385. The van der Waals surface area contributed by atoms with E-state index < -0.39 is 22.0 Å². The van der Waals surface area contributed by atoms with Crippen molar-refractivity contribution in [1.82, 2.24) is 0 Å². The van der Waals surface area contributed by atoms with Gasteiger partial charge in [0.1, 0.15) is 0 Å². The van der Waals surface area contributed by atoms with Crippen LogP contribution in [0.1, 0.15) is 25.7 Å². The first-order valence-corrected chi connectivity index (χ1v) is 6.43. The summed E-state index contributed by atoms with van der Waals surface area (Å²) in [4.78, 5) is 10.1. The maximum absolute atomic E-state index is 13.8. The second kappa shape index (κ2) is 5.62. The van der Waals surface area contributed by atoms with E-state index in [1.165, 1.54) is 13.2 Å². The summed E-state index contributed by atoms with van der Waals surface area (Å²) in [5.41, 5.74) is -1.16. The van der Waals surface area contributed by atoms with Crippen molar-refractivity contribution in [2.75, 3.05) is 19.0 Å². The number of benzene rings is 1. The number of hydrogen-bond donors (Lipinski definition) is 2. The topological polar surface area (TPSA) is 84.6 Å². The number of anilines is 1. The summed E-state index contributed by atoms with van der Waals surface area (Å²) in [6.07, 6.45) is 3.24. The minimum atomic E-state index is -0.832. The van der Waals surface area contributed by atoms with Gasteiger partial charge in [-0.05, 0) is 12.8 Å². The summed E-state index contributed by atoms with van der Waals surface area (Å²) in [6, 6.07) is 2.06. The summed E-state index contributed by atoms with van der Waals surface area (Å²) in [5.74, 6) is -0.753. The summed E-state index contributed by atoms with van der Waals surface area (Å²) >= 11 is 0. The van der Waals surface area contributed by atoms with Crippen molar-refractivity contribution in [2.24, 2.45) is 0 Å². The van der Waals surface area contributed by atoms with Crippen molar-refractivity contribution in [2.45, 2.75) is 31.3 Å². The van der Waals surface area contributed by atoms with Crippen LogP contribution in [-0.4, -0.2) is 29.3 Å². The minimum Gasteiger partial charge on any atom is -0.490 e. The van der Waals surface area contributed by atoms with Gasteiger partial charge in [-0.25, -0.2) is 4.39 Å². The number of aliphatic hydroxyl groups is 1. The van der Waals surface area contributed by atoms with Crippen LogP contribution in [0.25, 0.3) is 0 Å². The Hall–Kier alpha value is -1.89. The Morgan fingerprint density at radius 2 is 2.15 bits per heavy atom. The van der Waals surface area contributed by atoms with Crippen LogP contribution in [0.2, 0.25) is 0 Å². The molecular weight excluding hydrogens is 267 g/mol. The molecule has 1 fully saturated rings. The number of nitrogens with zero attached hydrogens (tertiary/aromatic N) is 1. The number of methoxy groups -OCH3 is 1. The number of halogens is 1. The molecule has 0 aromatic heterocycles. The van der Waals surface area contributed by atoms with Crippen LogP contribution in [0.4, 0.5) is 15.8 Å². The second-order valence-corrected chi connectivity index (χ2v) is 5.05. The minimum absolute atomic E-state index is 0.0164. The van der Waals surface area contributed by atoms with Crippen molar-refractivity contribution in [3.63, 3.8) is 0 Å². The average Bonchev–Trinajstić information content (AvgIpc) is 2.84. The first kappa shape index (κ1) is 14.5. The largest absolute Gasteiger partial charge is 0.490 e. The third-order valence-corrected chi connectivity index (χ3v) is 3.61. The van der Waals surface area contributed by atoms with Gasteiger partial charge in [0.05, 0.1) is 29.4 Å². The zero-order chi connectivity index (χ0) is 14.8. The van der Waals surface area contributed by atoms with Gasteiger partial charge in [0.2, 0.25) is 0 Å². The van der Waals surface area contributed by atoms with Crippen LogP contribution in [0.3, 0.4) is 0 Å². The van der Waals surface area contributed by atoms with Gasteiger partial charge in [-0.1, -0.05) is 12.8 Å². The molecule has 1 aromatic rings. The molecule has 2 rings (SSSR count). The molecule has 1 saturated carbocycles. The van der Waals surface area contributed by atoms with E-state index in [9.17, 15) is 19.6 Å². The van der Waals surface area contributed by atoms with Crippen LogP contribution in [0.15, 0.2) is 12.1 Å². The number of rotatable bonds is 5. The maximum atomic E-state index is 13.8. The molecule has 0 spiro atoms. The van der Waals surface area contributed by atoms with Gasteiger partial charge < -0.3 is 15.2 Å². The SMILES string of the molecule is COc1cc(NCC2(O)CCCC2)c(F)cc1[N+](=O)[O-]. The van der Waals surface area contributed by atoms with E-state index >= 15 is 0 Å². The van der Waals surface area contributed by atoms with Crippen molar-refractivity contribution in [1.29, 1.82) is 0 Å². The van der Waals surface area contributed by atoms with Crippen molar-refractivity contribution < 1.29 is 19.2 Å². The van der Waals surface area contributed by atoms with Crippen LogP contribution in [0.5, 0.6) is 5.75 Å². The van der Waals surface area contributed by atoms with Crippen molar-refractivity contribution in [3.05, 3.63) is 28.1 Å². The summed E-state index contributed by atoms with van der Waals surface area (Å²) in [5, 5.41) is 23.8. The second-order valence-electron chi connectivity index (χ2n) is 5.05. The standard InChI is InChI=1S/C13H17FN2O4/c1-20-12-7-10(9(14)6-11(12)16(18)19)15-8-13(17)4-2-3-5-13/h6-7,15,17H,2-5,8H2,1H3. The lowest BCUT2D eigenvalue weighted by atomic mass is 10.0. The third kappa shape index (κ3) is 2.98. The predicted molar refractivity (Wildman–Crippen MR) is 71.5 cm³/mol. The number of nitro benzene ring substituents is 1. The molecule has 0 unspecified atom stereocenters. The Morgan fingerprint density at radius 3 is 2.70 bits per heavy atom. The fraction of sp³-hybridized carbons (Fsp3) is 0.538. The molecule has 0 amide bonds. The Labute approximate surface area is 115 Å². The highest BCUT2D eigenvalue weighted by atomic mass is 19.1. The van der Waals surface area contributed by atoms with E-state index in [2.05, 4.69) is 5.32 Å². The highest BCUT2D eigenvalue weighted by molar-refractivity contribution is 5.59. The van der Waals surface area contributed by atoms with Gasteiger partial charge in [-0.2, -0.15) is 0 Å². The molecule has 0 aliphatic heterocycles. The first-order valence-electron chi connectivity index (χ1n) is 6.43. The van der Waals surface area contributed by atoms with Crippen LogP contribution >= 0.6 is 0 Å². The number of nitrogens with one attached hydrogen (secondary N) is 1. The molecule has 6 nitrogen and oxygen atoms in total. The van der Waals surface area contributed by atoms with Crippen molar-refractivity contribution in [3.8, 4) is 5.75 Å². The lowest BCUT2D eigenvalue weighted by Gasteiger charge is -2.23. The van der Waals surface area contributed by atoms with E-state index in [4.69, 9.17) is 4.74 Å². The van der Waals surface area contributed by atoms with Crippen molar-refractivity contribution >= 4 is 11.4 Å². The van der Waals surface area contributed by atoms with Crippen LogP contribution < -0.4 is 10.1 Å². The van der Waals surface area contributed by atoms with E-state index in [0.29, 0.717) is 12.8 Å². The number of ether oxygens (including phenoxy) is 1. The third-order valence-electron chi connectivity index (χ3n) is 3.61. The molecular formula is C13H17FN2O4. The maximum Gasteiger partial charge on any atom is 0.313 e. The Kier molecular flexibility index (Phi) is 4.08. The van der Waals surface area contributed by atoms with Gasteiger partial charge >= 0.3 is 5.69 Å². The first-order chi connectivity index (χ1) is 9.45. The molecule has 20 heavy (non-hydrogen) atoms. The molecule has 1 aliphatic rings. The van der Waals surface area contributed by atoms with E-state index in [1.54, 1.807) is 0 Å². The van der Waals surface area contributed by atoms with Gasteiger partial charge in [0.15, 0.2) is 11.6 Å². The molecule has 0 heterocycles. The Morgan fingerprint density at radius 1 is 1.50 bits per heavy atom. The molecule has 0 radical (unpaired) electrons. The summed E-state index contributed by atoms with van der Waals surface area (Å²) in [7, 11) is 1.29. The summed E-state index contributed by atoms with van der Waals surface area (Å²) in [6.45, 7) is 0.213. The number of nitro groups is 1. The Balaban J connectivity index is 2.17. The molecule has 0 atom stereocenters. The molecule has 7 heteroatoms. The lowest BCUT2D eigenvalue weighted by Crippen LogP contribution is -2.33. The molecule has 1 aromatic carbocycles. The molecule has 2 N–H and O–H groups in total. The zero-order valence-electron chi connectivity index (χ0n) is 11.2. The van der Waals surface area contributed by atoms with Gasteiger partial charge in [0.25, 0.3) is 0 Å². The smallest absolute Gasteiger partial charge is 0.313 e. The predicted octanol–water partition coefficient (Wildman–Crippen LogP) is 2.46. The molecule has 110 valence electrons. The van der Waals surface area contributed by atoms with Gasteiger partial charge in [-0.3, -0.25) is 10.1 Å². The zero-order valence-corrected chi connectivity index (χ0v) is 11.2. The van der Waals surface area contributed by atoms with Gasteiger partial charge in [0, 0.05) is 12.6 Å². The fourth-order valence-electron chi connectivity index (χ4n) is 2.45. The van der Waals surface area contributed by atoms with Crippen LogP contribution in [0, 0.1) is 15.9 Å². The van der Waals surface area contributed by atoms with E-state index in [0.717, 1.165) is 18.9 Å². The van der Waals surface area contributed by atoms with E-state index in [-0.39, 0.29) is 18.0 Å². The molecule has 0 bridgehead atoms. The highest BCUT2D eigenvalue weighted by Gasteiger charge is 2.31. The average molecular weight is 284 g/mol. The normalized spacial score (nSPS) is 16.9. The monoisotopic (exact) mass is 284 g/mol. The van der Waals surface area contributed by atoms with Crippen LogP contribution in [-0.2, 0) is 0 Å². The van der Waals surface area contributed by atoms with Gasteiger partial charge in [-0.15, -0.1) is 0 Å². The fourth-order valence-corrected chi connectivity index (χ4v) is 2.45.